The molecule has 0 radical (unpaired) electrons. The second-order valence-corrected chi connectivity index (χ2v) is 11.1. The third kappa shape index (κ3) is 6.28. The molecule has 4 aromatic carbocycles. The molecule has 0 aliphatic carbocycles. The van der Waals surface area contributed by atoms with Crippen molar-refractivity contribution in [2.75, 3.05) is 44.6 Å². The van der Waals surface area contributed by atoms with Gasteiger partial charge in [0.1, 0.15) is 17.9 Å². The topological polar surface area (TPSA) is 85.8 Å². The normalized spacial score (nSPS) is 14.6. The summed E-state index contributed by atoms with van der Waals surface area (Å²) >= 11 is 6.99. The molecule has 1 unspecified atom stereocenters. The number of carbonyl (C=O) groups is 1. The largest absolute Gasteiger partial charge is 0.497 e. The number of aromatic nitrogens is 2. The quantitative estimate of drug-likeness (QED) is 0.184. The second-order valence-electron chi connectivity index (χ2n) is 10.7. The number of ether oxygens (including phenoxy) is 3. The monoisotopic (exact) mass is 620 g/mol. The lowest BCUT2D eigenvalue weighted by molar-refractivity contribution is -0.111. The van der Waals surface area contributed by atoms with Crippen molar-refractivity contribution in [3.63, 3.8) is 0 Å². The van der Waals surface area contributed by atoms with Gasteiger partial charge in [-0.15, -0.1) is 0 Å². The summed E-state index contributed by atoms with van der Waals surface area (Å²) in [6, 6.07) is 25.5. The number of amides is 1. The molecule has 1 aromatic heterocycles. The number of anilines is 2. The molecule has 9 heteroatoms. The van der Waals surface area contributed by atoms with E-state index in [1.165, 1.54) is 6.08 Å². The molecule has 45 heavy (non-hydrogen) atoms. The van der Waals surface area contributed by atoms with Crippen molar-refractivity contribution in [2.24, 2.45) is 0 Å². The van der Waals surface area contributed by atoms with Gasteiger partial charge in [-0.25, -0.2) is 9.97 Å². The zero-order valence-electron chi connectivity index (χ0n) is 25.3. The van der Waals surface area contributed by atoms with Gasteiger partial charge in [0, 0.05) is 36.2 Å². The lowest BCUT2D eigenvalue weighted by atomic mass is 9.87. The van der Waals surface area contributed by atoms with E-state index >= 15 is 0 Å². The number of methoxy groups -OCH3 is 3. The number of fused-ring (bicyclic) bond motifs is 2. The fourth-order valence-corrected chi connectivity index (χ4v) is 6.21. The number of nitrogens with one attached hydrogen (secondary N) is 1. The van der Waals surface area contributed by atoms with Crippen LogP contribution >= 0.6 is 11.6 Å². The van der Waals surface area contributed by atoms with Gasteiger partial charge in [-0.05, 0) is 71.1 Å². The molecule has 2 heterocycles. The molecule has 1 N–H and O–H groups in total. The minimum Gasteiger partial charge on any atom is -0.497 e. The van der Waals surface area contributed by atoms with E-state index in [0.29, 0.717) is 41.7 Å². The van der Waals surface area contributed by atoms with E-state index in [0.717, 1.165) is 44.7 Å². The molecule has 5 aromatic rings. The minimum atomic E-state index is -0.223. The summed E-state index contributed by atoms with van der Waals surface area (Å²) in [5.74, 6) is 2.37. The molecule has 0 saturated carbocycles. The van der Waals surface area contributed by atoms with Gasteiger partial charge in [0.15, 0.2) is 11.5 Å². The Morgan fingerprint density at radius 3 is 2.49 bits per heavy atom. The van der Waals surface area contributed by atoms with E-state index in [1.54, 1.807) is 33.7 Å². The van der Waals surface area contributed by atoms with Crippen LogP contribution in [0.2, 0.25) is 5.02 Å². The van der Waals surface area contributed by atoms with Gasteiger partial charge in [-0.3, -0.25) is 4.79 Å². The molecular formula is C36H33ClN4O4. The highest BCUT2D eigenvalue weighted by molar-refractivity contribution is 6.33. The van der Waals surface area contributed by atoms with E-state index < -0.39 is 0 Å². The third-order valence-electron chi connectivity index (χ3n) is 8.08. The van der Waals surface area contributed by atoms with Crippen LogP contribution < -0.4 is 24.4 Å². The number of halogens is 1. The number of hydrogen-bond donors (Lipinski definition) is 1. The van der Waals surface area contributed by atoms with Crippen LogP contribution in [0.25, 0.3) is 17.0 Å². The van der Waals surface area contributed by atoms with Crippen LogP contribution in [-0.4, -0.2) is 50.3 Å². The fraction of sp³-hybridized carbons (Fsp3) is 0.194. The van der Waals surface area contributed by atoms with Crippen molar-refractivity contribution in [3.8, 4) is 17.2 Å². The molecule has 0 spiro atoms. The van der Waals surface area contributed by atoms with E-state index in [9.17, 15) is 4.79 Å². The van der Waals surface area contributed by atoms with Gasteiger partial charge in [-0.2, -0.15) is 0 Å². The summed E-state index contributed by atoms with van der Waals surface area (Å²) in [4.78, 5) is 24.3. The first kappa shape index (κ1) is 30.0. The number of hydrogen-bond acceptors (Lipinski definition) is 7. The van der Waals surface area contributed by atoms with Gasteiger partial charge in [0.25, 0.3) is 0 Å². The lowest BCUT2D eigenvalue weighted by Crippen LogP contribution is -2.29. The van der Waals surface area contributed by atoms with Crippen LogP contribution in [-0.2, 0) is 11.2 Å². The SMILES string of the molecule is COc1ccc(C2CN(c3ncnc4ccc(NC(=O)/C=C/c5ccccc5)cc34)CCc3c2cc(OC)c(OC)c3Cl)cc1. The molecule has 0 saturated heterocycles. The Kier molecular flexibility index (Phi) is 8.84. The first-order chi connectivity index (χ1) is 22.0. The smallest absolute Gasteiger partial charge is 0.248 e. The minimum absolute atomic E-state index is 0.0678. The molecular weight excluding hydrogens is 588 g/mol. The summed E-state index contributed by atoms with van der Waals surface area (Å²) in [7, 11) is 4.87. The zero-order chi connectivity index (χ0) is 31.3. The number of nitrogens with zero attached hydrogens (tertiary/aromatic N) is 3. The Morgan fingerprint density at radius 1 is 0.956 bits per heavy atom. The number of carbonyl (C=O) groups excluding carboxylic acids is 1. The van der Waals surface area contributed by atoms with Crippen LogP contribution in [0, 0.1) is 0 Å². The second kappa shape index (κ2) is 13.3. The van der Waals surface area contributed by atoms with Crippen molar-refractivity contribution in [2.45, 2.75) is 12.3 Å². The van der Waals surface area contributed by atoms with Gasteiger partial charge in [-0.1, -0.05) is 54.1 Å². The summed E-state index contributed by atoms with van der Waals surface area (Å²) in [5, 5.41) is 4.37. The highest BCUT2D eigenvalue weighted by Gasteiger charge is 2.30. The Morgan fingerprint density at radius 2 is 1.76 bits per heavy atom. The average Bonchev–Trinajstić information content (AvgIpc) is 3.27. The summed E-state index contributed by atoms with van der Waals surface area (Å²) in [5.41, 5.74) is 5.57. The maximum Gasteiger partial charge on any atom is 0.248 e. The van der Waals surface area contributed by atoms with Crippen LogP contribution in [0.3, 0.4) is 0 Å². The van der Waals surface area contributed by atoms with Gasteiger partial charge < -0.3 is 24.4 Å². The van der Waals surface area contributed by atoms with Crippen molar-refractivity contribution in [1.82, 2.24) is 9.97 Å². The van der Waals surface area contributed by atoms with Gasteiger partial charge in [0.2, 0.25) is 5.91 Å². The first-order valence-electron chi connectivity index (χ1n) is 14.6. The Bertz CT molecular complexity index is 1860. The van der Waals surface area contributed by atoms with Crippen LogP contribution in [0.15, 0.2) is 91.3 Å². The Labute approximate surface area is 267 Å². The van der Waals surface area contributed by atoms with Crippen molar-refractivity contribution in [1.29, 1.82) is 0 Å². The highest BCUT2D eigenvalue weighted by Crippen LogP contribution is 2.45. The average molecular weight is 621 g/mol. The summed E-state index contributed by atoms with van der Waals surface area (Å²) in [6.07, 6.45) is 5.55. The van der Waals surface area contributed by atoms with Gasteiger partial charge in [0.05, 0.1) is 31.9 Å². The molecule has 6 rings (SSSR count). The predicted molar refractivity (Wildman–Crippen MR) is 179 cm³/mol. The molecule has 1 amide bonds. The number of rotatable bonds is 8. The van der Waals surface area contributed by atoms with Crippen molar-refractivity contribution in [3.05, 3.63) is 119 Å². The highest BCUT2D eigenvalue weighted by atomic mass is 35.5. The predicted octanol–water partition coefficient (Wildman–Crippen LogP) is 7.16. The van der Waals surface area contributed by atoms with E-state index in [1.807, 2.05) is 66.7 Å². The Hall–Kier alpha value is -5.08. The Balaban J connectivity index is 1.37. The van der Waals surface area contributed by atoms with Gasteiger partial charge >= 0.3 is 0 Å². The molecule has 228 valence electrons. The maximum atomic E-state index is 12.8. The van der Waals surface area contributed by atoms with Crippen LogP contribution in [0.5, 0.6) is 17.2 Å². The maximum absolute atomic E-state index is 12.8. The summed E-state index contributed by atoms with van der Waals surface area (Å²) in [6.45, 7) is 1.27. The lowest BCUT2D eigenvalue weighted by Gasteiger charge is -2.27. The van der Waals surface area contributed by atoms with E-state index in [4.69, 9.17) is 30.8 Å². The third-order valence-corrected chi connectivity index (χ3v) is 8.48. The molecule has 0 bridgehead atoms. The standard InChI is InChI=1S/C36H33ClN4O4/c1-43-26-13-10-24(11-14-26)30-21-41(18-17-27-28(30)20-32(44-2)35(45-3)34(27)37)36-29-19-25(12-15-31(29)38-22-39-36)40-33(42)16-9-23-7-5-4-6-8-23/h4-16,19-20,22,30H,17-18,21H2,1-3H3,(H,40,42)/b16-9+. The van der Waals surface area contributed by atoms with Crippen LogP contribution in [0.4, 0.5) is 11.5 Å². The zero-order valence-corrected chi connectivity index (χ0v) is 26.0. The molecule has 8 nitrogen and oxygen atoms in total. The van der Waals surface area contributed by atoms with Crippen molar-refractivity contribution < 1.29 is 19.0 Å². The molecule has 1 atom stereocenters. The van der Waals surface area contributed by atoms with Crippen LogP contribution in [0.1, 0.15) is 28.2 Å². The molecule has 1 aliphatic heterocycles. The van der Waals surface area contributed by atoms with E-state index in [-0.39, 0.29) is 11.8 Å². The summed E-state index contributed by atoms with van der Waals surface area (Å²) < 4.78 is 16.8. The fourth-order valence-electron chi connectivity index (χ4n) is 5.84. The molecule has 1 aliphatic rings. The number of benzene rings is 4. The molecule has 0 fully saturated rings. The van der Waals surface area contributed by atoms with E-state index in [2.05, 4.69) is 27.3 Å². The van der Waals surface area contributed by atoms with Crippen molar-refractivity contribution >= 4 is 46.0 Å². The first-order valence-corrected chi connectivity index (χ1v) is 15.0.